The lowest BCUT2D eigenvalue weighted by Crippen LogP contribution is -2.00. The highest BCUT2D eigenvalue weighted by molar-refractivity contribution is 5.45. The zero-order chi connectivity index (χ0) is 10.7. The molecule has 0 saturated heterocycles. The third-order valence-electron chi connectivity index (χ3n) is 1.92. The summed E-state index contributed by atoms with van der Waals surface area (Å²) in [6.07, 6.45) is 1.37. The van der Waals surface area contributed by atoms with Crippen molar-refractivity contribution >= 4 is 0 Å². The minimum absolute atomic E-state index is 0.682. The molecular weight excluding hydrogens is 196 g/mol. The molecular formula is C9H10N4O2. The van der Waals surface area contributed by atoms with Crippen LogP contribution in [0.5, 0.6) is 11.5 Å². The van der Waals surface area contributed by atoms with E-state index in [1.807, 2.05) is 0 Å². The molecule has 15 heavy (non-hydrogen) atoms. The van der Waals surface area contributed by atoms with E-state index in [1.165, 1.54) is 11.1 Å². The van der Waals surface area contributed by atoms with Crippen molar-refractivity contribution in [3.8, 4) is 17.2 Å². The zero-order valence-electron chi connectivity index (χ0n) is 8.41. The number of tetrazole rings is 1. The topological polar surface area (TPSA) is 62.1 Å². The van der Waals surface area contributed by atoms with Crippen molar-refractivity contribution in [2.75, 3.05) is 14.2 Å². The van der Waals surface area contributed by atoms with E-state index < -0.39 is 0 Å². The Labute approximate surface area is 86.4 Å². The maximum Gasteiger partial charge on any atom is 0.162 e. The molecule has 2 aromatic rings. The first-order valence-electron chi connectivity index (χ1n) is 4.30. The largest absolute Gasteiger partial charge is 0.497 e. The van der Waals surface area contributed by atoms with Gasteiger partial charge in [0.25, 0.3) is 0 Å². The fraction of sp³-hybridized carbons (Fsp3) is 0.222. The Bertz CT molecular complexity index is 419. The third-order valence-corrected chi connectivity index (χ3v) is 1.92. The second-order valence-corrected chi connectivity index (χ2v) is 2.80. The molecule has 6 nitrogen and oxygen atoms in total. The number of ether oxygens (including phenoxy) is 2. The highest BCUT2D eigenvalue weighted by Crippen LogP contribution is 2.23. The van der Waals surface area contributed by atoms with Crippen LogP contribution in [0.2, 0.25) is 0 Å². The number of nitrogens with zero attached hydrogens (tertiary/aromatic N) is 4. The molecule has 78 valence electrons. The van der Waals surface area contributed by atoms with Crippen molar-refractivity contribution in [3.05, 3.63) is 24.5 Å². The first kappa shape index (κ1) is 9.45. The molecule has 0 saturated carbocycles. The molecule has 0 bridgehead atoms. The van der Waals surface area contributed by atoms with Gasteiger partial charge in [0.1, 0.15) is 11.5 Å². The van der Waals surface area contributed by atoms with E-state index in [-0.39, 0.29) is 0 Å². The molecule has 0 atom stereocenters. The van der Waals surface area contributed by atoms with Crippen molar-refractivity contribution in [3.63, 3.8) is 0 Å². The van der Waals surface area contributed by atoms with Gasteiger partial charge in [0.05, 0.1) is 19.9 Å². The molecule has 6 heteroatoms. The minimum Gasteiger partial charge on any atom is -0.497 e. The molecule has 0 aliphatic rings. The van der Waals surface area contributed by atoms with Gasteiger partial charge in [-0.1, -0.05) is 0 Å². The van der Waals surface area contributed by atoms with Gasteiger partial charge in [0.15, 0.2) is 6.33 Å². The minimum atomic E-state index is 0.682. The van der Waals surface area contributed by atoms with Crippen molar-refractivity contribution in [1.29, 1.82) is 0 Å². The standard InChI is InChI=1S/C9H10N4O2/c1-14-8-3-7(4-9(5-8)15-2)13-11-6-10-12-13/h3-6H,1-2H3. The van der Waals surface area contributed by atoms with Crippen molar-refractivity contribution in [2.24, 2.45) is 0 Å². The van der Waals surface area contributed by atoms with Gasteiger partial charge in [-0.3, -0.25) is 0 Å². The first-order chi connectivity index (χ1) is 7.33. The number of aromatic nitrogens is 4. The fourth-order valence-corrected chi connectivity index (χ4v) is 1.19. The molecule has 0 spiro atoms. The molecule has 1 heterocycles. The van der Waals surface area contributed by atoms with Crippen LogP contribution in [0.3, 0.4) is 0 Å². The lowest BCUT2D eigenvalue weighted by molar-refractivity contribution is 0.393. The number of benzene rings is 1. The van der Waals surface area contributed by atoms with Gasteiger partial charge in [0.2, 0.25) is 0 Å². The molecule has 0 N–H and O–H groups in total. The Morgan fingerprint density at radius 1 is 1.07 bits per heavy atom. The highest BCUT2D eigenvalue weighted by atomic mass is 16.5. The van der Waals surface area contributed by atoms with Crippen molar-refractivity contribution < 1.29 is 9.47 Å². The van der Waals surface area contributed by atoms with E-state index in [1.54, 1.807) is 32.4 Å². The molecule has 0 fully saturated rings. The van der Waals surface area contributed by atoms with Gasteiger partial charge in [0, 0.05) is 18.2 Å². The Hall–Kier alpha value is -2.11. The predicted molar refractivity (Wildman–Crippen MR) is 52.3 cm³/mol. The molecule has 1 aromatic carbocycles. The Morgan fingerprint density at radius 3 is 2.20 bits per heavy atom. The predicted octanol–water partition coefficient (Wildman–Crippen LogP) is 0.679. The number of rotatable bonds is 3. The van der Waals surface area contributed by atoms with Crippen LogP contribution in [-0.2, 0) is 0 Å². The summed E-state index contributed by atoms with van der Waals surface area (Å²) in [6, 6.07) is 5.37. The Morgan fingerprint density at radius 2 is 1.73 bits per heavy atom. The summed E-state index contributed by atoms with van der Waals surface area (Å²) in [6.45, 7) is 0. The van der Waals surface area contributed by atoms with E-state index in [9.17, 15) is 0 Å². The quantitative estimate of drug-likeness (QED) is 0.739. The van der Waals surface area contributed by atoms with E-state index in [0.717, 1.165) is 5.69 Å². The van der Waals surface area contributed by atoms with Gasteiger partial charge in [-0.05, 0) is 5.21 Å². The second kappa shape index (κ2) is 3.95. The van der Waals surface area contributed by atoms with Gasteiger partial charge in [-0.15, -0.1) is 15.0 Å². The van der Waals surface area contributed by atoms with Gasteiger partial charge in [-0.2, -0.15) is 0 Å². The van der Waals surface area contributed by atoms with E-state index in [0.29, 0.717) is 11.5 Å². The van der Waals surface area contributed by atoms with Gasteiger partial charge < -0.3 is 9.47 Å². The zero-order valence-corrected chi connectivity index (χ0v) is 8.41. The average molecular weight is 206 g/mol. The lowest BCUT2D eigenvalue weighted by atomic mass is 10.3. The van der Waals surface area contributed by atoms with Gasteiger partial charge >= 0.3 is 0 Å². The highest BCUT2D eigenvalue weighted by Gasteiger charge is 2.04. The number of methoxy groups -OCH3 is 2. The number of hydrogen-bond acceptors (Lipinski definition) is 5. The third kappa shape index (κ3) is 1.88. The van der Waals surface area contributed by atoms with Gasteiger partial charge in [-0.25, -0.2) is 0 Å². The lowest BCUT2D eigenvalue weighted by Gasteiger charge is -2.06. The maximum atomic E-state index is 5.13. The Balaban J connectivity index is 2.47. The SMILES string of the molecule is COc1cc(OC)cc(-n2ncnn2)c1. The van der Waals surface area contributed by atoms with Crippen molar-refractivity contribution in [2.45, 2.75) is 0 Å². The molecule has 0 radical (unpaired) electrons. The van der Waals surface area contributed by atoms with Crippen molar-refractivity contribution in [1.82, 2.24) is 20.2 Å². The van der Waals surface area contributed by atoms with E-state index in [2.05, 4.69) is 15.4 Å². The molecule has 0 amide bonds. The molecule has 1 aromatic heterocycles. The summed E-state index contributed by atoms with van der Waals surface area (Å²) in [5.41, 5.74) is 0.740. The maximum absolute atomic E-state index is 5.13. The van der Waals surface area contributed by atoms with E-state index >= 15 is 0 Å². The fourth-order valence-electron chi connectivity index (χ4n) is 1.19. The van der Waals surface area contributed by atoms with Crippen LogP contribution in [0.15, 0.2) is 24.5 Å². The summed E-state index contributed by atoms with van der Waals surface area (Å²) in [7, 11) is 3.18. The first-order valence-corrected chi connectivity index (χ1v) is 4.30. The smallest absolute Gasteiger partial charge is 0.162 e. The second-order valence-electron chi connectivity index (χ2n) is 2.80. The molecule has 0 aliphatic carbocycles. The van der Waals surface area contributed by atoms with Crippen LogP contribution in [-0.4, -0.2) is 34.4 Å². The Kier molecular flexibility index (Phi) is 2.49. The van der Waals surface area contributed by atoms with Crippen LogP contribution >= 0.6 is 0 Å². The van der Waals surface area contributed by atoms with Crippen LogP contribution in [0.25, 0.3) is 5.69 Å². The summed E-state index contributed by atoms with van der Waals surface area (Å²) in [5.74, 6) is 1.36. The monoisotopic (exact) mass is 206 g/mol. The van der Waals surface area contributed by atoms with E-state index in [4.69, 9.17) is 9.47 Å². The molecule has 2 rings (SSSR count). The summed E-state index contributed by atoms with van der Waals surface area (Å²) in [5, 5.41) is 11.3. The van der Waals surface area contributed by atoms with Crippen LogP contribution < -0.4 is 9.47 Å². The molecule has 0 aliphatic heterocycles. The normalized spacial score (nSPS) is 10.0. The average Bonchev–Trinajstić information content (AvgIpc) is 2.81. The summed E-state index contributed by atoms with van der Waals surface area (Å²) >= 11 is 0. The molecule has 0 unspecified atom stereocenters. The van der Waals surface area contributed by atoms with Crippen LogP contribution in [0.1, 0.15) is 0 Å². The summed E-state index contributed by atoms with van der Waals surface area (Å²) < 4.78 is 10.3. The van der Waals surface area contributed by atoms with Crippen LogP contribution in [0.4, 0.5) is 0 Å². The number of hydrogen-bond donors (Lipinski definition) is 0. The summed E-state index contributed by atoms with van der Waals surface area (Å²) in [4.78, 5) is 1.39. The van der Waals surface area contributed by atoms with Crippen LogP contribution in [0, 0.1) is 0 Å².